The molecule has 5 heterocycles. The molecule has 1 aromatic heterocycles. The number of nitrogens with zero attached hydrogens (tertiary/aromatic N) is 4. The maximum absolute atomic E-state index is 16.0. The van der Waals surface area contributed by atoms with E-state index in [1.807, 2.05) is 0 Å². The van der Waals surface area contributed by atoms with Gasteiger partial charge in [-0.05, 0) is 51.3 Å². The van der Waals surface area contributed by atoms with Crippen molar-refractivity contribution < 1.29 is 73.2 Å². The molecule has 77 heavy (non-hydrogen) atoms. The van der Waals surface area contributed by atoms with E-state index in [9.17, 15) is 54.6 Å². The quantitative estimate of drug-likeness (QED) is 0.0315. The Morgan fingerprint density at radius 2 is 1.66 bits per heavy atom. The molecule has 5 bridgehead atoms. The molecule has 20 nitrogen and oxygen atoms in total. The van der Waals surface area contributed by atoms with Crippen LogP contribution in [0.4, 0.5) is 15.8 Å². The Hall–Kier alpha value is -7.49. The van der Waals surface area contributed by atoms with E-state index in [2.05, 4.69) is 10.4 Å². The van der Waals surface area contributed by atoms with Crippen LogP contribution in [-0.2, 0) is 23.8 Å². The summed E-state index contributed by atoms with van der Waals surface area (Å²) in [6, 6.07) is 2.19. The summed E-state index contributed by atoms with van der Waals surface area (Å²) in [5.74, 6) is -11.4. The van der Waals surface area contributed by atoms with E-state index in [1.54, 1.807) is 61.4 Å². The van der Waals surface area contributed by atoms with Crippen molar-refractivity contribution in [3.63, 3.8) is 0 Å². The molecule has 1 amide bonds. The molecule has 21 heteroatoms. The summed E-state index contributed by atoms with van der Waals surface area (Å²) < 4.78 is 41.5. The van der Waals surface area contributed by atoms with Gasteiger partial charge in [0.1, 0.15) is 34.7 Å². The Morgan fingerprint density at radius 3 is 2.31 bits per heavy atom. The molecule has 1 saturated carbocycles. The second-order valence-corrected chi connectivity index (χ2v) is 21.0. The summed E-state index contributed by atoms with van der Waals surface area (Å²) in [5, 5.41) is 77.3. The van der Waals surface area contributed by atoms with Gasteiger partial charge in [0, 0.05) is 98.9 Å². The molecule has 5 aliphatic rings. The fourth-order valence-electron chi connectivity index (χ4n) is 10.8. The topological polar surface area (TPSA) is 279 Å². The second kappa shape index (κ2) is 21.5. The van der Waals surface area contributed by atoms with Crippen LogP contribution in [0.15, 0.2) is 64.4 Å². The highest BCUT2D eigenvalue weighted by molar-refractivity contribution is 6.24. The van der Waals surface area contributed by atoms with Crippen LogP contribution >= 0.6 is 0 Å². The molecule has 4 aromatic rings. The van der Waals surface area contributed by atoms with Gasteiger partial charge in [0.2, 0.25) is 5.43 Å². The van der Waals surface area contributed by atoms with Gasteiger partial charge in [0.15, 0.2) is 5.75 Å². The summed E-state index contributed by atoms with van der Waals surface area (Å²) in [7, 11) is 3.04. The number of fused-ring (bicyclic) bond motifs is 15. The summed E-state index contributed by atoms with van der Waals surface area (Å²) >= 11 is 0. The third-order valence-corrected chi connectivity index (χ3v) is 15.7. The number of phenols is 3. The molecule has 3 aromatic carbocycles. The number of carbonyl (C=O) groups is 4. The van der Waals surface area contributed by atoms with Crippen LogP contribution < -0.4 is 20.4 Å². The Morgan fingerprint density at radius 1 is 0.961 bits per heavy atom. The maximum Gasteiger partial charge on any atom is 0.341 e. The molecular weight excluding hydrogens is 1000 g/mol. The Labute approximate surface area is 443 Å². The van der Waals surface area contributed by atoms with E-state index < -0.39 is 129 Å². The number of hydrogen-bond donors (Lipinski definition) is 7. The lowest BCUT2D eigenvalue weighted by Gasteiger charge is -2.38. The van der Waals surface area contributed by atoms with Gasteiger partial charge in [-0.1, -0.05) is 45.9 Å². The number of nitrogens with one attached hydrogen (secondary N) is 1. The van der Waals surface area contributed by atoms with Crippen LogP contribution in [0.5, 0.6) is 23.0 Å². The number of methoxy groups -OCH3 is 1. The zero-order valence-corrected chi connectivity index (χ0v) is 44.5. The number of aliphatic hydroxyl groups is 2. The standard InChI is InChI=1S/C56H66FN5O15/c1-25-12-11-13-26(2)54(71)59-44-35(22-58-60(9)33-16-18-61(23-33)39-21-38-34(20-37(39)57)48(67)36(55(72)73)24-62(38)32-14-15-32)49(68)41-42(50(44)69)47(66)30(6)52-43(41)53(70)56(8,77-52)75-19-17-40(74-10)27(3)51(76-31(7)63)29(5)46(65)28(4)45(25)64/h11-13,17,19-22,24-25,27-29,32-33,40,45-46,51,64-66,68-69H,14-16,18,23H2,1-10H3,(H,59,71)(H,72,73)/t25-,27+,28+,29+,33?,40-,45-,46+,51+,56-/m0/s1. The molecular formula is C56H66FN5O15. The van der Waals surface area contributed by atoms with Crippen molar-refractivity contribution in [3.05, 3.63) is 92.8 Å². The van der Waals surface area contributed by atoms with Crippen molar-refractivity contribution in [3.8, 4) is 23.0 Å². The first-order chi connectivity index (χ1) is 36.3. The number of pyridine rings is 1. The van der Waals surface area contributed by atoms with E-state index >= 15 is 4.39 Å². The number of amides is 1. The molecule has 4 aliphatic heterocycles. The number of allylic oxidation sites excluding steroid dienone is 2. The highest BCUT2D eigenvalue weighted by atomic mass is 19.1. The number of aliphatic hydroxyl groups excluding tert-OH is 2. The van der Waals surface area contributed by atoms with Crippen molar-refractivity contribution in [2.45, 2.75) is 117 Å². The fraction of sp³-hybridized carbons (Fsp3) is 0.464. The van der Waals surface area contributed by atoms with E-state index in [0.717, 1.165) is 31.4 Å². The maximum atomic E-state index is 16.0. The number of hydrazone groups is 1. The molecule has 10 atom stereocenters. The second-order valence-electron chi connectivity index (χ2n) is 21.0. The van der Waals surface area contributed by atoms with Gasteiger partial charge < -0.3 is 64.4 Å². The van der Waals surface area contributed by atoms with Crippen LogP contribution in [0, 0.1) is 36.4 Å². The number of ether oxygens (including phenoxy) is 4. The van der Waals surface area contributed by atoms with Crippen LogP contribution in [-0.4, -0.2) is 134 Å². The number of carboxylic acid groups (broad SMARTS) is 1. The number of phenolic OH excluding ortho intramolecular Hbond substituents is 3. The molecule has 2 fully saturated rings. The molecule has 1 aliphatic carbocycles. The zero-order chi connectivity index (χ0) is 56.3. The van der Waals surface area contributed by atoms with Gasteiger partial charge >= 0.3 is 17.7 Å². The molecule has 1 saturated heterocycles. The van der Waals surface area contributed by atoms with Crippen LogP contribution in [0.3, 0.4) is 0 Å². The number of halogens is 1. The predicted octanol–water partition coefficient (Wildman–Crippen LogP) is 6.79. The lowest BCUT2D eigenvalue weighted by Crippen LogP contribution is -2.46. The van der Waals surface area contributed by atoms with Crippen molar-refractivity contribution in [1.82, 2.24) is 9.58 Å². The number of aromatic hydroxyl groups is 3. The number of ketones is 1. The van der Waals surface area contributed by atoms with Gasteiger partial charge in [0.25, 0.3) is 11.7 Å². The fourth-order valence-corrected chi connectivity index (χ4v) is 10.8. The third-order valence-electron chi connectivity index (χ3n) is 15.7. The zero-order valence-electron chi connectivity index (χ0n) is 44.5. The summed E-state index contributed by atoms with van der Waals surface area (Å²) in [4.78, 5) is 68.1. The van der Waals surface area contributed by atoms with Crippen molar-refractivity contribution in [2.75, 3.05) is 37.5 Å². The van der Waals surface area contributed by atoms with E-state index in [1.165, 1.54) is 59.2 Å². The first kappa shape index (κ1) is 55.7. The van der Waals surface area contributed by atoms with Gasteiger partial charge in [-0.2, -0.15) is 5.10 Å². The minimum Gasteiger partial charge on any atom is -0.507 e. The first-order valence-corrected chi connectivity index (χ1v) is 25.5. The number of rotatable bonds is 8. The number of anilines is 2. The van der Waals surface area contributed by atoms with Gasteiger partial charge in [0.05, 0.1) is 70.2 Å². The molecule has 7 N–H and O–H groups in total. The number of aromatic nitrogens is 1. The summed E-state index contributed by atoms with van der Waals surface area (Å²) in [6.07, 6.45) is 7.60. The highest BCUT2D eigenvalue weighted by Gasteiger charge is 2.50. The van der Waals surface area contributed by atoms with Crippen molar-refractivity contribution in [2.24, 2.45) is 28.8 Å². The lowest BCUT2D eigenvalue weighted by molar-refractivity contribution is -0.160. The number of hydrogen-bond acceptors (Lipinski definition) is 17. The minimum atomic E-state index is -2.14. The van der Waals surface area contributed by atoms with Gasteiger partial charge in [-0.15, -0.1) is 0 Å². The number of likely N-dealkylation sites (N-methyl/N-ethyl adjacent to an activating group) is 1. The average molecular weight is 1070 g/mol. The van der Waals surface area contributed by atoms with Crippen molar-refractivity contribution >= 4 is 62.9 Å². The number of benzene rings is 3. The minimum absolute atomic E-state index is 0.0165. The molecule has 0 radical (unpaired) electrons. The summed E-state index contributed by atoms with van der Waals surface area (Å²) in [5.41, 5.74) is -1.50. The van der Waals surface area contributed by atoms with Crippen molar-refractivity contribution in [1.29, 1.82) is 0 Å². The largest absolute Gasteiger partial charge is 0.507 e. The van der Waals surface area contributed by atoms with Crippen LogP contribution in [0.2, 0.25) is 0 Å². The van der Waals surface area contributed by atoms with Crippen LogP contribution in [0.25, 0.3) is 21.7 Å². The average Bonchev–Trinajstić information content (AvgIpc) is 4.18. The number of esters is 1. The molecule has 1 unspecified atom stereocenters. The Balaban J connectivity index is 1.19. The molecule has 412 valence electrons. The lowest BCUT2D eigenvalue weighted by atomic mass is 9.78. The number of carbonyl (C=O) groups excluding carboxylic acids is 3. The number of aromatic carboxylic acids is 1. The third kappa shape index (κ3) is 10.3. The highest BCUT2D eigenvalue weighted by Crippen LogP contribution is 2.55. The predicted molar refractivity (Wildman–Crippen MR) is 283 cm³/mol. The first-order valence-electron chi connectivity index (χ1n) is 25.5. The summed E-state index contributed by atoms with van der Waals surface area (Å²) in [6.45, 7) is 12.8. The number of carboxylic acids is 1. The monoisotopic (exact) mass is 1070 g/mol. The molecule has 9 rings (SSSR count). The number of Topliss-reactive ketones (excluding diaryl/α,β-unsaturated/α-hetero) is 1. The van der Waals surface area contributed by atoms with Gasteiger partial charge in [-0.3, -0.25) is 24.2 Å². The Bertz CT molecular complexity index is 3260. The van der Waals surface area contributed by atoms with E-state index in [4.69, 9.17) is 18.9 Å². The SMILES string of the molecule is CO[C@H]1C=CO[C@@]2(C)Oc3c(C)c(O)c4c(O)c(c(C=NN(C)C5CCN(c6cc7c(cc6F)c(=O)c(C(=O)O)cn7C6CC6)C5)c(O)c4c3C2=O)NC(=O)C(C)=CC=C[C@H](C)[C@H](O)[C@@H](C)[C@@H](O)[C@@H](C)[C@H](OC(C)=O)[C@@H]1C. The molecule has 0 spiro atoms. The Kier molecular flexibility index (Phi) is 15.6. The smallest absolute Gasteiger partial charge is 0.341 e. The normalized spacial score (nSPS) is 27.3. The van der Waals surface area contributed by atoms with E-state index in [0.29, 0.717) is 18.5 Å². The van der Waals surface area contributed by atoms with Crippen LogP contribution in [0.1, 0.15) is 106 Å². The van der Waals surface area contributed by atoms with E-state index in [-0.39, 0.29) is 57.1 Å². The van der Waals surface area contributed by atoms with Gasteiger partial charge in [-0.25, -0.2) is 9.18 Å².